The summed E-state index contributed by atoms with van der Waals surface area (Å²) in [5.74, 6) is 1.48. The van der Waals surface area contributed by atoms with Crippen LogP contribution in [-0.4, -0.2) is 50.0 Å². The number of hydrogen-bond donors (Lipinski definition) is 1. The van der Waals surface area contributed by atoms with Gasteiger partial charge in [-0.1, -0.05) is 40.5 Å². The van der Waals surface area contributed by atoms with Crippen molar-refractivity contribution in [2.24, 2.45) is 17.8 Å². The van der Waals surface area contributed by atoms with Crippen molar-refractivity contribution in [3.63, 3.8) is 0 Å². The van der Waals surface area contributed by atoms with Crippen molar-refractivity contribution in [1.29, 1.82) is 0 Å². The number of sulfonamides is 1. The second-order valence-electron chi connectivity index (χ2n) is 9.63. The molecule has 0 aromatic rings. The predicted molar refractivity (Wildman–Crippen MR) is 118 cm³/mol. The third kappa shape index (κ3) is 7.10. The van der Waals surface area contributed by atoms with Crippen molar-refractivity contribution < 1.29 is 14.6 Å². The van der Waals surface area contributed by atoms with Gasteiger partial charge in [0.1, 0.15) is 5.78 Å². The van der Waals surface area contributed by atoms with E-state index in [1.165, 1.54) is 0 Å². The van der Waals surface area contributed by atoms with E-state index in [1.54, 1.807) is 0 Å². The van der Waals surface area contributed by atoms with E-state index in [9.17, 15) is 13.2 Å². The lowest BCUT2D eigenvalue weighted by Crippen LogP contribution is -2.48. The molecule has 0 spiro atoms. The van der Waals surface area contributed by atoms with Crippen LogP contribution in [0.25, 0.3) is 0 Å². The summed E-state index contributed by atoms with van der Waals surface area (Å²) in [4.78, 5) is 14.7. The summed E-state index contributed by atoms with van der Waals surface area (Å²) < 4.78 is 28.0. The van der Waals surface area contributed by atoms with Crippen LogP contribution in [0.3, 0.4) is 0 Å². The minimum atomic E-state index is -3.19. The fourth-order valence-corrected chi connectivity index (χ4v) is 6.25. The van der Waals surface area contributed by atoms with E-state index in [2.05, 4.69) is 23.5 Å². The molecule has 5 nitrogen and oxygen atoms in total. The number of unbranched alkanes of at least 4 members (excludes halogenated alkanes) is 1. The number of carbonyl (C=O) groups excluding carboxylic acids is 1. The van der Waals surface area contributed by atoms with Gasteiger partial charge in [0.2, 0.25) is 10.0 Å². The third-order valence-corrected chi connectivity index (χ3v) is 8.57. The van der Waals surface area contributed by atoms with Gasteiger partial charge in [0.15, 0.2) is 0 Å². The molecule has 166 valence electrons. The van der Waals surface area contributed by atoms with E-state index in [0.29, 0.717) is 24.3 Å². The highest BCUT2D eigenvalue weighted by atomic mass is 32.2. The summed E-state index contributed by atoms with van der Waals surface area (Å²) in [6.07, 6.45) is 8.78. The number of hydrogen-bond acceptors (Lipinski definition) is 4. The number of carbonyl (C=O) groups is 1. The van der Waals surface area contributed by atoms with Crippen LogP contribution < -0.4 is 4.72 Å². The van der Waals surface area contributed by atoms with Gasteiger partial charge in [-0.15, -0.1) is 0 Å². The molecule has 0 amide bonds. The highest BCUT2D eigenvalue weighted by Crippen LogP contribution is 2.31. The van der Waals surface area contributed by atoms with E-state index < -0.39 is 10.0 Å². The third-order valence-electron chi connectivity index (χ3n) is 6.61. The Hall–Kier alpha value is -0.460. The Morgan fingerprint density at radius 2 is 1.61 bits per heavy atom. The molecular formula is C22H44N2O3S. The number of rotatable bonds is 10. The van der Waals surface area contributed by atoms with Crippen molar-refractivity contribution >= 4 is 15.8 Å². The Labute approximate surface area is 174 Å². The van der Waals surface area contributed by atoms with Crippen molar-refractivity contribution in [1.82, 2.24) is 9.62 Å². The Morgan fingerprint density at radius 3 is 2.14 bits per heavy atom. The zero-order valence-electron chi connectivity index (χ0n) is 18.5. The summed E-state index contributed by atoms with van der Waals surface area (Å²) in [7, 11) is -3.19. The van der Waals surface area contributed by atoms with Crippen LogP contribution in [0, 0.1) is 17.8 Å². The van der Waals surface area contributed by atoms with Crippen LogP contribution >= 0.6 is 0 Å². The first-order chi connectivity index (χ1) is 13.2. The average Bonchev–Trinajstić information content (AvgIpc) is 2.67. The predicted octanol–water partition coefficient (Wildman–Crippen LogP) is 4.23. The molecule has 0 aromatic heterocycles. The molecule has 2 aliphatic rings. The number of nitrogens with zero attached hydrogens (tertiary/aromatic N) is 1. The van der Waals surface area contributed by atoms with Gasteiger partial charge in [0.25, 0.3) is 0 Å². The maximum Gasteiger partial charge on any atom is 0.214 e. The highest BCUT2D eigenvalue weighted by Gasteiger charge is 2.35. The minimum absolute atomic E-state index is 0. The molecule has 6 heteroatoms. The fraction of sp³-hybridized carbons (Fsp3) is 0.955. The first-order valence-corrected chi connectivity index (χ1v) is 13.0. The molecule has 1 aliphatic carbocycles. The molecule has 1 N–H and O–H groups in total. The molecule has 2 fully saturated rings. The highest BCUT2D eigenvalue weighted by molar-refractivity contribution is 7.90. The summed E-state index contributed by atoms with van der Waals surface area (Å²) in [6.45, 7) is 10.7. The Kier molecular flexibility index (Phi) is 9.42. The topological polar surface area (TPSA) is 66.5 Å². The smallest absolute Gasteiger partial charge is 0.214 e. The standard InChI is InChI=1S/C22H42N2O3S.H2/c1-17(2)7-5-6-14-23-28(26,27)21-12-15-24(16-13-21)20-10-8-19(9-11-20)22(25)18(3)4;/h17-21,23H,5-16H2,1-4H3;1H. The van der Waals surface area contributed by atoms with Crippen LogP contribution in [0.1, 0.15) is 86.9 Å². The first kappa shape index (κ1) is 23.8. The van der Waals surface area contributed by atoms with Gasteiger partial charge in [-0.2, -0.15) is 0 Å². The lowest BCUT2D eigenvalue weighted by atomic mass is 9.80. The number of Topliss-reactive ketones (excluding diaryl/α,β-unsaturated/α-hetero) is 1. The Balaban J connectivity index is 0.00000420. The van der Waals surface area contributed by atoms with E-state index >= 15 is 0 Å². The largest absolute Gasteiger partial charge is 0.300 e. The van der Waals surface area contributed by atoms with Gasteiger partial charge in [-0.25, -0.2) is 13.1 Å². The summed E-state index contributed by atoms with van der Waals surface area (Å²) in [5.41, 5.74) is 0. The number of likely N-dealkylation sites (tertiary alicyclic amines) is 1. The van der Waals surface area contributed by atoms with Gasteiger partial charge in [0, 0.05) is 25.8 Å². The molecule has 1 saturated heterocycles. The monoisotopic (exact) mass is 416 g/mol. The van der Waals surface area contributed by atoms with E-state index in [0.717, 1.165) is 70.9 Å². The lowest BCUT2D eigenvalue weighted by Gasteiger charge is -2.40. The average molecular weight is 417 g/mol. The molecule has 2 rings (SSSR count). The van der Waals surface area contributed by atoms with Gasteiger partial charge >= 0.3 is 0 Å². The number of ketones is 1. The minimum Gasteiger partial charge on any atom is -0.300 e. The molecular weight excluding hydrogens is 372 g/mol. The van der Waals surface area contributed by atoms with Crippen molar-refractivity contribution in [3.05, 3.63) is 0 Å². The van der Waals surface area contributed by atoms with Crippen molar-refractivity contribution in [2.75, 3.05) is 19.6 Å². The summed E-state index contributed by atoms with van der Waals surface area (Å²) in [6, 6.07) is 0.531. The van der Waals surface area contributed by atoms with Gasteiger partial charge < -0.3 is 4.90 Å². The molecule has 0 bridgehead atoms. The zero-order valence-corrected chi connectivity index (χ0v) is 19.3. The summed E-state index contributed by atoms with van der Waals surface area (Å²) in [5, 5.41) is -0.243. The molecule has 0 atom stereocenters. The van der Waals surface area contributed by atoms with E-state index in [4.69, 9.17) is 0 Å². The van der Waals surface area contributed by atoms with Crippen LogP contribution in [0.5, 0.6) is 0 Å². The Morgan fingerprint density at radius 1 is 1.00 bits per heavy atom. The fourth-order valence-electron chi connectivity index (χ4n) is 4.76. The van der Waals surface area contributed by atoms with Crippen LogP contribution in [0.15, 0.2) is 0 Å². The maximum atomic E-state index is 12.6. The molecule has 1 heterocycles. The Bertz CT molecular complexity index is 579. The zero-order chi connectivity index (χ0) is 20.7. The second kappa shape index (κ2) is 11.1. The van der Waals surface area contributed by atoms with Crippen molar-refractivity contribution in [2.45, 2.75) is 96.8 Å². The van der Waals surface area contributed by atoms with Crippen LogP contribution in [0.2, 0.25) is 0 Å². The molecule has 28 heavy (non-hydrogen) atoms. The number of nitrogens with one attached hydrogen (secondary N) is 1. The van der Waals surface area contributed by atoms with E-state index in [-0.39, 0.29) is 18.5 Å². The molecule has 0 unspecified atom stereocenters. The summed E-state index contributed by atoms with van der Waals surface area (Å²) >= 11 is 0. The molecule has 1 aliphatic heterocycles. The van der Waals surface area contributed by atoms with Crippen LogP contribution in [0.4, 0.5) is 0 Å². The number of piperidine rings is 1. The maximum absolute atomic E-state index is 12.6. The normalized spacial score (nSPS) is 25.5. The SMILES string of the molecule is CC(C)CCCCNS(=O)(=O)C1CCN(C2CCC(C(=O)C(C)C)CC2)CC1.[HH]. The van der Waals surface area contributed by atoms with Gasteiger partial charge in [-0.3, -0.25) is 4.79 Å². The van der Waals surface area contributed by atoms with Crippen molar-refractivity contribution in [3.8, 4) is 0 Å². The van der Waals surface area contributed by atoms with Crippen LogP contribution in [-0.2, 0) is 14.8 Å². The molecule has 1 saturated carbocycles. The van der Waals surface area contributed by atoms with E-state index in [1.807, 2.05) is 13.8 Å². The second-order valence-corrected chi connectivity index (χ2v) is 11.7. The van der Waals surface area contributed by atoms with Gasteiger partial charge in [0.05, 0.1) is 5.25 Å². The van der Waals surface area contributed by atoms with Gasteiger partial charge in [-0.05, 0) is 64.0 Å². The molecule has 0 radical (unpaired) electrons. The lowest BCUT2D eigenvalue weighted by molar-refractivity contribution is -0.127. The molecule has 0 aromatic carbocycles. The quantitative estimate of drug-likeness (QED) is 0.541. The first-order valence-electron chi connectivity index (χ1n) is 11.5.